The van der Waals surface area contributed by atoms with E-state index in [0.717, 1.165) is 0 Å². The van der Waals surface area contributed by atoms with Gasteiger partial charge in [-0.1, -0.05) is 0 Å². The third-order valence-corrected chi connectivity index (χ3v) is 3.70. The lowest BCUT2D eigenvalue weighted by molar-refractivity contribution is -0.234. The number of hydrogen-bond donors (Lipinski definition) is 0. The molecule has 0 amide bonds. The van der Waals surface area contributed by atoms with E-state index < -0.39 is 17.9 Å². The summed E-state index contributed by atoms with van der Waals surface area (Å²) in [5, 5.41) is 0. The van der Waals surface area contributed by atoms with Crippen molar-refractivity contribution in [3.8, 4) is 0 Å². The van der Waals surface area contributed by atoms with Crippen molar-refractivity contribution in [1.29, 1.82) is 0 Å². The summed E-state index contributed by atoms with van der Waals surface area (Å²) in [5.41, 5.74) is 0. The van der Waals surface area contributed by atoms with Gasteiger partial charge in [0.15, 0.2) is 17.9 Å². The van der Waals surface area contributed by atoms with Gasteiger partial charge in [-0.15, -0.1) is 0 Å². The Morgan fingerprint density at radius 2 is 1.68 bits per heavy atom. The number of methoxy groups -OCH3 is 1. The third kappa shape index (κ3) is 2.41. The first-order valence-electron chi connectivity index (χ1n) is 6.67. The topological polar surface area (TPSA) is 55.4 Å². The van der Waals surface area contributed by atoms with Gasteiger partial charge in [-0.3, -0.25) is 0 Å². The molecule has 5 atom stereocenters. The highest BCUT2D eigenvalue weighted by molar-refractivity contribution is 4.98. The van der Waals surface area contributed by atoms with Crippen LogP contribution in [0.2, 0.25) is 0 Å². The van der Waals surface area contributed by atoms with Crippen molar-refractivity contribution < 1.29 is 28.4 Å². The molecule has 3 fully saturated rings. The molecule has 0 aromatic heterocycles. The van der Waals surface area contributed by atoms with Crippen molar-refractivity contribution in [2.45, 2.75) is 70.0 Å². The minimum absolute atomic E-state index is 0.166. The molecular formula is C13H22O6. The Morgan fingerprint density at radius 3 is 2.26 bits per heavy atom. The summed E-state index contributed by atoms with van der Waals surface area (Å²) in [5.74, 6) is -1.21. The van der Waals surface area contributed by atoms with Gasteiger partial charge in [0.25, 0.3) is 0 Å². The van der Waals surface area contributed by atoms with Crippen LogP contribution >= 0.6 is 0 Å². The second kappa shape index (κ2) is 4.38. The Kier molecular flexibility index (Phi) is 3.16. The highest BCUT2D eigenvalue weighted by Gasteiger charge is 2.58. The van der Waals surface area contributed by atoms with Crippen LogP contribution in [0.4, 0.5) is 0 Å². The van der Waals surface area contributed by atoms with Crippen LogP contribution in [-0.4, -0.2) is 56.0 Å². The molecule has 3 aliphatic heterocycles. The highest BCUT2D eigenvalue weighted by atomic mass is 16.8. The summed E-state index contributed by atoms with van der Waals surface area (Å²) in [4.78, 5) is 0. The molecule has 3 aliphatic rings. The summed E-state index contributed by atoms with van der Waals surface area (Å²) >= 11 is 0. The second-order valence-corrected chi connectivity index (χ2v) is 6.14. The second-order valence-electron chi connectivity index (χ2n) is 6.14. The Balaban J connectivity index is 1.72. The van der Waals surface area contributed by atoms with Gasteiger partial charge in [0.05, 0.1) is 6.61 Å². The van der Waals surface area contributed by atoms with Gasteiger partial charge in [-0.25, -0.2) is 0 Å². The number of ether oxygens (including phenoxy) is 6. The Labute approximate surface area is 113 Å². The van der Waals surface area contributed by atoms with Crippen LogP contribution in [0.15, 0.2) is 0 Å². The van der Waals surface area contributed by atoms with Gasteiger partial charge >= 0.3 is 0 Å². The Bertz CT molecular complexity index is 355. The number of hydrogen-bond acceptors (Lipinski definition) is 6. The predicted octanol–water partition coefficient (Wildman–Crippen LogP) is 1.03. The van der Waals surface area contributed by atoms with Gasteiger partial charge in [0, 0.05) is 7.11 Å². The molecule has 3 rings (SSSR count). The lowest BCUT2D eigenvalue weighted by Gasteiger charge is -2.28. The van der Waals surface area contributed by atoms with Crippen molar-refractivity contribution in [1.82, 2.24) is 0 Å². The maximum Gasteiger partial charge on any atom is 0.190 e. The largest absolute Gasteiger partial charge is 0.376 e. The van der Waals surface area contributed by atoms with Gasteiger partial charge in [0.2, 0.25) is 0 Å². The lowest BCUT2D eigenvalue weighted by atomic mass is 10.1. The standard InChI is InChI=1S/C13H22O6/c1-12(2)15-6-7(17-12)8-9(14-5)10-11(16-8)19-13(3,4)18-10/h7-11H,6H2,1-5H3/t7?,8-,9+,10+,11-/m1/s1. The molecule has 0 aliphatic carbocycles. The van der Waals surface area contributed by atoms with Crippen molar-refractivity contribution in [3.05, 3.63) is 0 Å². The molecule has 0 aromatic carbocycles. The highest BCUT2D eigenvalue weighted by Crippen LogP contribution is 2.41. The average molecular weight is 274 g/mol. The van der Waals surface area contributed by atoms with Gasteiger partial charge in [0.1, 0.15) is 24.4 Å². The summed E-state index contributed by atoms with van der Waals surface area (Å²) in [6, 6.07) is 0. The molecule has 0 saturated carbocycles. The number of rotatable bonds is 2. The van der Waals surface area contributed by atoms with Gasteiger partial charge in [-0.2, -0.15) is 0 Å². The normalized spacial score (nSPS) is 47.5. The SMILES string of the molecule is CO[C@@H]1[C@@H]2OC(C)(C)O[C@H]2O[C@@H]1C1COC(C)(C)O1. The van der Waals surface area contributed by atoms with Crippen LogP contribution in [0, 0.1) is 0 Å². The molecule has 0 spiro atoms. The van der Waals surface area contributed by atoms with E-state index in [1.54, 1.807) is 7.11 Å². The first-order chi connectivity index (χ1) is 8.81. The summed E-state index contributed by atoms with van der Waals surface area (Å²) < 4.78 is 34.5. The lowest BCUT2D eigenvalue weighted by Crippen LogP contribution is -2.43. The monoisotopic (exact) mass is 274 g/mol. The third-order valence-electron chi connectivity index (χ3n) is 3.70. The van der Waals surface area contributed by atoms with Crippen LogP contribution < -0.4 is 0 Å². The molecule has 6 heteroatoms. The Morgan fingerprint density at radius 1 is 0.947 bits per heavy atom. The van der Waals surface area contributed by atoms with E-state index in [9.17, 15) is 0 Å². The fourth-order valence-corrected chi connectivity index (χ4v) is 2.95. The molecule has 6 nitrogen and oxygen atoms in total. The zero-order valence-corrected chi connectivity index (χ0v) is 12.0. The molecule has 1 unspecified atom stereocenters. The molecule has 0 aromatic rings. The zero-order chi connectivity index (χ0) is 13.8. The van der Waals surface area contributed by atoms with Crippen LogP contribution in [0.25, 0.3) is 0 Å². The van der Waals surface area contributed by atoms with Crippen LogP contribution in [0.1, 0.15) is 27.7 Å². The van der Waals surface area contributed by atoms with E-state index in [4.69, 9.17) is 28.4 Å². The molecule has 0 N–H and O–H groups in total. The quantitative estimate of drug-likeness (QED) is 0.749. The fourth-order valence-electron chi connectivity index (χ4n) is 2.95. The van der Waals surface area contributed by atoms with Crippen LogP contribution in [0.5, 0.6) is 0 Å². The summed E-state index contributed by atoms with van der Waals surface area (Å²) in [6.45, 7) is 8.01. The van der Waals surface area contributed by atoms with E-state index in [-0.39, 0.29) is 24.4 Å². The van der Waals surface area contributed by atoms with Crippen molar-refractivity contribution >= 4 is 0 Å². The van der Waals surface area contributed by atoms with E-state index in [0.29, 0.717) is 6.61 Å². The van der Waals surface area contributed by atoms with Crippen molar-refractivity contribution in [3.63, 3.8) is 0 Å². The maximum atomic E-state index is 5.92. The molecule has 0 radical (unpaired) electrons. The van der Waals surface area contributed by atoms with Crippen molar-refractivity contribution in [2.24, 2.45) is 0 Å². The molecular weight excluding hydrogens is 252 g/mol. The zero-order valence-electron chi connectivity index (χ0n) is 12.0. The first kappa shape index (κ1) is 13.7. The van der Waals surface area contributed by atoms with E-state index >= 15 is 0 Å². The summed E-state index contributed by atoms with van der Waals surface area (Å²) in [7, 11) is 1.65. The molecule has 19 heavy (non-hydrogen) atoms. The minimum Gasteiger partial charge on any atom is -0.376 e. The Hall–Kier alpha value is -0.240. The van der Waals surface area contributed by atoms with Crippen LogP contribution in [0.3, 0.4) is 0 Å². The van der Waals surface area contributed by atoms with E-state index in [1.165, 1.54) is 0 Å². The van der Waals surface area contributed by atoms with E-state index in [2.05, 4.69) is 0 Å². The van der Waals surface area contributed by atoms with E-state index in [1.807, 2.05) is 27.7 Å². The average Bonchev–Trinajstić information content (AvgIpc) is 2.87. The summed E-state index contributed by atoms with van der Waals surface area (Å²) in [6.07, 6.45) is -1.25. The van der Waals surface area contributed by atoms with Crippen LogP contribution in [-0.2, 0) is 28.4 Å². The minimum atomic E-state index is -0.636. The molecule has 3 heterocycles. The smallest absolute Gasteiger partial charge is 0.190 e. The fraction of sp³-hybridized carbons (Fsp3) is 1.00. The van der Waals surface area contributed by atoms with Crippen molar-refractivity contribution in [2.75, 3.05) is 13.7 Å². The molecule has 3 saturated heterocycles. The van der Waals surface area contributed by atoms with Gasteiger partial charge < -0.3 is 28.4 Å². The molecule has 110 valence electrons. The number of fused-ring (bicyclic) bond motifs is 1. The predicted molar refractivity (Wildman–Crippen MR) is 64.4 cm³/mol. The van der Waals surface area contributed by atoms with Gasteiger partial charge in [-0.05, 0) is 27.7 Å². The maximum absolute atomic E-state index is 5.92. The first-order valence-corrected chi connectivity index (χ1v) is 6.67. The molecule has 0 bridgehead atoms.